The maximum atomic E-state index is 11.3. The second-order valence-electron chi connectivity index (χ2n) is 4.50. The van der Waals surface area contributed by atoms with E-state index in [1.807, 2.05) is 20.8 Å². The minimum absolute atomic E-state index is 0.417. The minimum Gasteiger partial charge on any atom is -0.444 e. The van der Waals surface area contributed by atoms with Gasteiger partial charge in [0.15, 0.2) is 0 Å². The van der Waals surface area contributed by atoms with Crippen LogP contribution in [0.15, 0.2) is 12.8 Å². The second kappa shape index (κ2) is 5.47. The van der Waals surface area contributed by atoms with Crippen molar-refractivity contribution in [2.75, 3.05) is 6.54 Å². The first-order valence-corrected chi connectivity index (χ1v) is 5.40. The van der Waals surface area contributed by atoms with Gasteiger partial charge in [-0.05, 0) is 26.8 Å². The number of hydrogen-bond donors (Lipinski definition) is 1. The van der Waals surface area contributed by atoms with Crippen LogP contribution in [0.2, 0.25) is 0 Å². The highest BCUT2D eigenvalue weighted by molar-refractivity contribution is 5.67. The summed E-state index contributed by atoms with van der Waals surface area (Å²) in [5.41, 5.74) is 0.228. The fraction of sp³-hybridized carbons (Fsp3) is 0.545. The summed E-state index contributed by atoms with van der Waals surface area (Å²) in [7, 11) is 0. The van der Waals surface area contributed by atoms with Gasteiger partial charge < -0.3 is 10.1 Å². The van der Waals surface area contributed by atoms with Crippen molar-refractivity contribution >= 4 is 12.2 Å². The van der Waals surface area contributed by atoms with Crippen LogP contribution in [0.5, 0.6) is 0 Å². The first-order chi connectivity index (χ1) is 7.90. The molecule has 1 aromatic rings. The average molecular weight is 238 g/mol. The van der Waals surface area contributed by atoms with E-state index < -0.39 is 11.7 Å². The topological polar surface area (TPSA) is 69.0 Å². The number of alkyl carbamates (subject to hydrolysis) is 1. The van der Waals surface area contributed by atoms with Gasteiger partial charge >= 0.3 is 6.09 Å². The molecule has 0 aromatic carbocycles. The van der Waals surface area contributed by atoms with Crippen molar-refractivity contribution in [1.29, 1.82) is 0 Å². The molecule has 0 unspecified atom stereocenters. The Morgan fingerprint density at radius 2 is 2.35 bits per heavy atom. The van der Waals surface area contributed by atoms with Crippen LogP contribution in [0, 0.1) is 0 Å². The van der Waals surface area contributed by atoms with Crippen molar-refractivity contribution in [2.24, 2.45) is 0 Å². The first kappa shape index (κ1) is 13.2. The summed E-state index contributed by atoms with van der Waals surface area (Å²) in [5, 5.41) is 10.7. The highest BCUT2D eigenvalue weighted by Crippen LogP contribution is 2.06. The van der Waals surface area contributed by atoms with E-state index in [1.165, 1.54) is 4.80 Å². The molecular weight excluding hydrogens is 220 g/mol. The Hall–Kier alpha value is -1.85. The van der Waals surface area contributed by atoms with Gasteiger partial charge in [-0.25, -0.2) is 4.79 Å². The highest BCUT2D eigenvalue weighted by atomic mass is 16.6. The second-order valence-corrected chi connectivity index (χ2v) is 4.50. The molecule has 1 heterocycles. The molecule has 1 aromatic heterocycles. The number of rotatable bonds is 4. The van der Waals surface area contributed by atoms with Gasteiger partial charge in [0.1, 0.15) is 11.3 Å². The van der Waals surface area contributed by atoms with Gasteiger partial charge in [-0.15, -0.1) is 0 Å². The molecule has 94 valence electrons. The summed E-state index contributed by atoms with van der Waals surface area (Å²) in [6, 6.07) is 0. The van der Waals surface area contributed by atoms with Crippen LogP contribution in [0.4, 0.5) is 4.79 Å². The molecule has 0 aliphatic carbocycles. The zero-order valence-electron chi connectivity index (χ0n) is 10.4. The van der Waals surface area contributed by atoms with E-state index in [-0.39, 0.29) is 0 Å². The lowest BCUT2D eigenvalue weighted by molar-refractivity contribution is 0.0525. The third-order valence-electron chi connectivity index (χ3n) is 1.74. The molecule has 1 N–H and O–H groups in total. The smallest absolute Gasteiger partial charge is 0.407 e. The van der Waals surface area contributed by atoms with Crippen molar-refractivity contribution in [3.05, 3.63) is 18.5 Å². The van der Waals surface area contributed by atoms with E-state index in [9.17, 15) is 4.79 Å². The number of nitrogens with zero attached hydrogens (tertiary/aromatic N) is 3. The summed E-state index contributed by atoms with van der Waals surface area (Å²) in [6.07, 6.45) is 2.79. The van der Waals surface area contributed by atoms with Crippen molar-refractivity contribution in [1.82, 2.24) is 20.3 Å². The van der Waals surface area contributed by atoms with Gasteiger partial charge in [0, 0.05) is 6.54 Å². The van der Waals surface area contributed by atoms with Crippen molar-refractivity contribution < 1.29 is 9.53 Å². The summed E-state index contributed by atoms with van der Waals surface area (Å²) in [5.74, 6) is 0. The lowest BCUT2D eigenvalue weighted by Gasteiger charge is -2.19. The van der Waals surface area contributed by atoms with E-state index in [0.717, 1.165) is 0 Å². The summed E-state index contributed by atoms with van der Waals surface area (Å²) in [4.78, 5) is 12.8. The van der Waals surface area contributed by atoms with Crippen molar-refractivity contribution in [2.45, 2.75) is 32.9 Å². The number of carbonyl (C=O) groups excluding carboxylic acids is 1. The molecule has 0 atom stereocenters. The van der Waals surface area contributed by atoms with Crippen LogP contribution in [0.1, 0.15) is 26.5 Å². The Morgan fingerprint density at radius 1 is 1.65 bits per heavy atom. The summed E-state index contributed by atoms with van der Waals surface area (Å²) < 4.78 is 5.09. The van der Waals surface area contributed by atoms with Crippen LogP contribution in [0.25, 0.3) is 6.08 Å². The number of hydrogen-bond acceptors (Lipinski definition) is 4. The van der Waals surface area contributed by atoms with Crippen LogP contribution in [-0.4, -0.2) is 33.2 Å². The van der Waals surface area contributed by atoms with E-state index >= 15 is 0 Å². The van der Waals surface area contributed by atoms with E-state index in [0.29, 0.717) is 18.8 Å². The first-order valence-electron chi connectivity index (χ1n) is 5.40. The molecule has 0 spiro atoms. The van der Waals surface area contributed by atoms with Gasteiger partial charge in [-0.2, -0.15) is 15.0 Å². The Labute approximate surface area is 101 Å². The summed E-state index contributed by atoms with van der Waals surface area (Å²) in [6.45, 7) is 9.95. The van der Waals surface area contributed by atoms with Crippen LogP contribution >= 0.6 is 0 Å². The Kier molecular flexibility index (Phi) is 4.25. The molecule has 1 rings (SSSR count). The molecular formula is C11H18N4O2. The number of nitrogens with one attached hydrogen (secondary N) is 1. The molecule has 0 aliphatic heterocycles. The average Bonchev–Trinajstić information content (AvgIpc) is 2.63. The molecule has 0 fully saturated rings. The number of aromatic nitrogens is 3. The quantitative estimate of drug-likeness (QED) is 0.861. The number of carbonyl (C=O) groups is 1. The van der Waals surface area contributed by atoms with Gasteiger partial charge in [0.25, 0.3) is 0 Å². The van der Waals surface area contributed by atoms with Crippen LogP contribution in [-0.2, 0) is 11.3 Å². The maximum absolute atomic E-state index is 11.3. The summed E-state index contributed by atoms with van der Waals surface area (Å²) >= 11 is 0. The van der Waals surface area contributed by atoms with Gasteiger partial charge in [-0.1, -0.05) is 6.58 Å². The molecule has 6 heteroatoms. The number of amides is 1. The van der Waals surface area contributed by atoms with E-state index in [1.54, 1.807) is 12.3 Å². The lowest BCUT2D eigenvalue weighted by atomic mass is 10.2. The van der Waals surface area contributed by atoms with E-state index in [2.05, 4.69) is 22.1 Å². The SMILES string of the molecule is C=Cc1cnn(CCNC(=O)OC(C)(C)C)n1. The van der Waals surface area contributed by atoms with Gasteiger partial charge in [0.2, 0.25) is 0 Å². The molecule has 17 heavy (non-hydrogen) atoms. The molecule has 0 saturated heterocycles. The fourth-order valence-corrected chi connectivity index (χ4v) is 1.08. The fourth-order valence-electron chi connectivity index (χ4n) is 1.08. The van der Waals surface area contributed by atoms with Crippen molar-refractivity contribution in [3.8, 4) is 0 Å². The van der Waals surface area contributed by atoms with Crippen LogP contribution < -0.4 is 5.32 Å². The normalized spacial score (nSPS) is 11.0. The third kappa shape index (κ3) is 5.14. The monoisotopic (exact) mass is 238 g/mol. The minimum atomic E-state index is -0.482. The zero-order valence-corrected chi connectivity index (χ0v) is 10.4. The molecule has 0 aliphatic rings. The third-order valence-corrected chi connectivity index (χ3v) is 1.74. The predicted octanol–water partition coefficient (Wildman–Crippen LogP) is 1.45. The molecule has 0 saturated carbocycles. The predicted molar refractivity (Wildman–Crippen MR) is 64.3 cm³/mol. The molecule has 6 nitrogen and oxygen atoms in total. The standard InChI is InChI=1S/C11H18N4O2/c1-5-9-8-13-15(14-9)7-6-12-10(16)17-11(2,3)4/h5,8H,1,6-7H2,2-4H3,(H,12,16). The van der Waals surface area contributed by atoms with Crippen molar-refractivity contribution in [3.63, 3.8) is 0 Å². The van der Waals surface area contributed by atoms with E-state index in [4.69, 9.17) is 4.74 Å². The molecule has 1 amide bonds. The Balaban J connectivity index is 2.28. The number of ether oxygens (including phenoxy) is 1. The molecule has 0 bridgehead atoms. The van der Waals surface area contributed by atoms with Gasteiger partial charge in [0.05, 0.1) is 12.7 Å². The highest BCUT2D eigenvalue weighted by Gasteiger charge is 2.15. The van der Waals surface area contributed by atoms with Gasteiger partial charge in [-0.3, -0.25) is 0 Å². The Morgan fingerprint density at radius 3 is 2.88 bits per heavy atom. The lowest BCUT2D eigenvalue weighted by Crippen LogP contribution is -2.34. The largest absolute Gasteiger partial charge is 0.444 e. The molecule has 0 radical (unpaired) electrons. The zero-order chi connectivity index (χ0) is 12.9. The Bertz CT molecular complexity index is 392. The van der Waals surface area contributed by atoms with Crippen LogP contribution in [0.3, 0.4) is 0 Å². The maximum Gasteiger partial charge on any atom is 0.407 e.